The van der Waals surface area contributed by atoms with Crippen LogP contribution in [0.1, 0.15) is 0 Å². The van der Waals surface area contributed by atoms with Gasteiger partial charge in [0.1, 0.15) is 0 Å². The van der Waals surface area contributed by atoms with Crippen LogP contribution in [0.15, 0.2) is 188 Å². The molecule has 0 N–H and O–H groups in total. The normalized spacial score (nSPS) is 11.6. The Morgan fingerprint density at radius 1 is 0.357 bits per heavy atom. The van der Waals surface area contributed by atoms with Crippen molar-refractivity contribution in [1.82, 2.24) is 24.5 Å². The minimum atomic E-state index is 0.582. The highest BCUT2D eigenvalue weighted by Crippen LogP contribution is 2.43. The average molecular weight is 734 g/mol. The van der Waals surface area contributed by atoms with Crippen molar-refractivity contribution in [3.8, 4) is 62.4 Å². The molecule has 5 nitrogen and oxygen atoms in total. The van der Waals surface area contributed by atoms with Gasteiger partial charge in [0.25, 0.3) is 0 Å². The van der Waals surface area contributed by atoms with Crippen LogP contribution in [0.3, 0.4) is 0 Å². The predicted molar refractivity (Wildman–Crippen MR) is 232 cm³/mol. The summed E-state index contributed by atoms with van der Waals surface area (Å²) in [6, 6.07) is 65.4. The summed E-state index contributed by atoms with van der Waals surface area (Å²) in [5.41, 5.74) is 10.2. The van der Waals surface area contributed by atoms with E-state index in [-0.39, 0.29) is 0 Å². The van der Waals surface area contributed by atoms with Crippen LogP contribution in [0.4, 0.5) is 0 Å². The van der Waals surface area contributed by atoms with Crippen LogP contribution in [0.5, 0.6) is 0 Å². The monoisotopic (exact) mass is 733 g/mol. The van der Waals surface area contributed by atoms with Gasteiger partial charge >= 0.3 is 0 Å². The molecule has 0 bridgehead atoms. The van der Waals surface area contributed by atoms with E-state index in [9.17, 15) is 0 Å². The molecule has 0 aliphatic carbocycles. The minimum Gasteiger partial charge on any atom is -0.276 e. The third-order valence-corrected chi connectivity index (χ3v) is 11.7. The van der Waals surface area contributed by atoms with E-state index < -0.39 is 0 Å². The van der Waals surface area contributed by atoms with Crippen LogP contribution in [0.2, 0.25) is 0 Å². The Morgan fingerprint density at radius 3 is 1.57 bits per heavy atom. The molecule has 56 heavy (non-hydrogen) atoms. The zero-order valence-electron chi connectivity index (χ0n) is 30.0. The Kier molecular flexibility index (Phi) is 7.60. The molecule has 0 saturated carbocycles. The van der Waals surface area contributed by atoms with Crippen LogP contribution in [0, 0.1) is 0 Å². The van der Waals surface area contributed by atoms with Gasteiger partial charge in [-0.3, -0.25) is 4.57 Å². The van der Waals surface area contributed by atoms with Crippen LogP contribution >= 0.6 is 11.3 Å². The average Bonchev–Trinajstić information content (AvgIpc) is 3.83. The van der Waals surface area contributed by atoms with Gasteiger partial charge in [-0.2, -0.15) is 9.97 Å². The quantitative estimate of drug-likeness (QED) is 0.171. The summed E-state index contributed by atoms with van der Waals surface area (Å²) in [7, 11) is 0. The molecule has 0 amide bonds. The summed E-state index contributed by atoms with van der Waals surface area (Å²) in [5, 5.41) is 4.82. The fourth-order valence-electron chi connectivity index (χ4n) is 7.77. The van der Waals surface area contributed by atoms with Gasteiger partial charge in [-0.05, 0) is 35.4 Å². The van der Waals surface area contributed by atoms with Crippen molar-refractivity contribution >= 4 is 53.3 Å². The number of benzene rings is 7. The van der Waals surface area contributed by atoms with Gasteiger partial charge in [-0.1, -0.05) is 164 Å². The van der Waals surface area contributed by atoms with E-state index in [0.29, 0.717) is 17.6 Å². The zero-order chi connectivity index (χ0) is 37.0. The van der Waals surface area contributed by atoms with Crippen molar-refractivity contribution in [2.24, 2.45) is 0 Å². The van der Waals surface area contributed by atoms with E-state index >= 15 is 0 Å². The van der Waals surface area contributed by atoms with E-state index in [1.807, 2.05) is 41.7 Å². The SMILES string of the molecule is c1ccc(-c2cc(-c3ccccc3)nc(-c3ccc(-c4nc(-c5ccccc5)nc(-n5c6ccccc6c6ccc7c8ccccc8sc7c65)n4)cc3)c2)cc1. The van der Waals surface area contributed by atoms with Gasteiger partial charge in [0, 0.05) is 48.5 Å². The molecule has 11 rings (SSSR count). The van der Waals surface area contributed by atoms with E-state index in [1.54, 1.807) is 0 Å². The van der Waals surface area contributed by atoms with Crippen molar-refractivity contribution in [3.63, 3.8) is 0 Å². The number of nitrogens with zero attached hydrogens (tertiary/aromatic N) is 5. The second-order valence-electron chi connectivity index (χ2n) is 13.9. The molecular formula is C50H31N5S. The first-order valence-electron chi connectivity index (χ1n) is 18.6. The lowest BCUT2D eigenvalue weighted by molar-refractivity contribution is 0.955. The van der Waals surface area contributed by atoms with Gasteiger partial charge in [-0.25, -0.2) is 9.97 Å². The number of para-hydroxylation sites is 1. The van der Waals surface area contributed by atoms with Crippen LogP contribution < -0.4 is 0 Å². The molecule has 0 fully saturated rings. The third kappa shape index (κ3) is 5.46. The lowest BCUT2D eigenvalue weighted by atomic mass is 9.99. The Balaban J connectivity index is 1.09. The standard InChI is InChI=1S/C50H31N5S/c1-4-14-32(15-5-1)37-30-42(33-16-6-2-7-17-33)51-43(31-37)34-24-26-36(27-25-34)49-52-48(35-18-8-3-9-19-35)53-50(54-49)55-44-22-12-10-20-38(44)40-28-29-41-39-21-11-13-23-45(39)56-47(41)46(40)55/h1-31H. The molecule has 4 heterocycles. The largest absolute Gasteiger partial charge is 0.276 e. The summed E-state index contributed by atoms with van der Waals surface area (Å²) < 4.78 is 4.71. The van der Waals surface area contributed by atoms with Crippen LogP contribution in [-0.4, -0.2) is 24.5 Å². The first kappa shape index (κ1) is 32.2. The number of rotatable bonds is 6. The number of aromatic nitrogens is 5. The number of pyridine rings is 1. The van der Waals surface area contributed by atoms with Gasteiger partial charge < -0.3 is 0 Å². The molecule has 11 aromatic rings. The number of hydrogen-bond acceptors (Lipinski definition) is 5. The molecule has 0 atom stereocenters. The summed E-state index contributed by atoms with van der Waals surface area (Å²) in [6.45, 7) is 0. The molecule has 0 saturated heterocycles. The topological polar surface area (TPSA) is 56.5 Å². The second-order valence-corrected chi connectivity index (χ2v) is 14.9. The van der Waals surface area contributed by atoms with E-state index in [4.69, 9.17) is 19.9 Å². The maximum atomic E-state index is 5.27. The van der Waals surface area contributed by atoms with Gasteiger partial charge in [0.15, 0.2) is 11.6 Å². The van der Waals surface area contributed by atoms with E-state index in [1.165, 1.54) is 25.6 Å². The van der Waals surface area contributed by atoms with Crippen molar-refractivity contribution in [2.75, 3.05) is 0 Å². The summed E-state index contributed by atoms with van der Waals surface area (Å²) in [5.74, 6) is 1.80. The summed E-state index contributed by atoms with van der Waals surface area (Å²) in [4.78, 5) is 20.7. The van der Waals surface area contributed by atoms with E-state index in [0.717, 1.165) is 61.2 Å². The Morgan fingerprint density at radius 2 is 0.875 bits per heavy atom. The summed E-state index contributed by atoms with van der Waals surface area (Å²) in [6.07, 6.45) is 0. The molecular weight excluding hydrogens is 703 g/mol. The fourth-order valence-corrected chi connectivity index (χ4v) is 9.01. The Labute approximate surface area is 326 Å². The first-order chi connectivity index (χ1) is 27.7. The lowest BCUT2D eigenvalue weighted by Crippen LogP contribution is -2.06. The fraction of sp³-hybridized carbons (Fsp3) is 0. The molecule has 0 aliphatic heterocycles. The van der Waals surface area contributed by atoms with Gasteiger partial charge in [0.05, 0.1) is 27.1 Å². The summed E-state index contributed by atoms with van der Waals surface area (Å²) >= 11 is 1.82. The molecule has 0 aliphatic rings. The van der Waals surface area contributed by atoms with Gasteiger partial charge in [-0.15, -0.1) is 11.3 Å². The molecule has 6 heteroatoms. The molecule has 7 aromatic carbocycles. The zero-order valence-corrected chi connectivity index (χ0v) is 30.9. The van der Waals surface area contributed by atoms with Crippen molar-refractivity contribution < 1.29 is 0 Å². The molecule has 0 unspecified atom stereocenters. The van der Waals surface area contributed by atoms with Crippen LogP contribution in [0.25, 0.3) is 104 Å². The van der Waals surface area contributed by atoms with Crippen molar-refractivity contribution in [1.29, 1.82) is 0 Å². The molecule has 0 spiro atoms. The van der Waals surface area contributed by atoms with Crippen molar-refractivity contribution in [2.45, 2.75) is 0 Å². The first-order valence-corrected chi connectivity index (χ1v) is 19.5. The molecule has 4 aromatic heterocycles. The highest BCUT2D eigenvalue weighted by Gasteiger charge is 2.21. The predicted octanol–water partition coefficient (Wildman–Crippen LogP) is 13.1. The second kappa shape index (κ2) is 13.2. The smallest absolute Gasteiger partial charge is 0.238 e. The van der Waals surface area contributed by atoms with Crippen molar-refractivity contribution in [3.05, 3.63) is 188 Å². The Bertz CT molecular complexity index is 3170. The lowest BCUT2D eigenvalue weighted by Gasteiger charge is -2.12. The maximum Gasteiger partial charge on any atom is 0.238 e. The molecule has 262 valence electrons. The highest BCUT2D eigenvalue weighted by atomic mass is 32.1. The van der Waals surface area contributed by atoms with E-state index in [2.05, 4.69) is 162 Å². The highest BCUT2D eigenvalue weighted by molar-refractivity contribution is 7.26. The number of hydrogen-bond donors (Lipinski definition) is 0. The number of fused-ring (bicyclic) bond motifs is 7. The minimum absolute atomic E-state index is 0.582. The third-order valence-electron chi connectivity index (χ3n) is 10.5. The number of thiophene rings is 1. The van der Waals surface area contributed by atoms with Gasteiger partial charge in [0.2, 0.25) is 5.95 Å². The Hall–Kier alpha value is -7.28. The maximum absolute atomic E-state index is 5.27. The van der Waals surface area contributed by atoms with Crippen LogP contribution in [-0.2, 0) is 0 Å². The molecule has 0 radical (unpaired) electrons.